The van der Waals surface area contributed by atoms with Gasteiger partial charge in [0.15, 0.2) is 12.7 Å². The molecule has 0 aliphatic carbocycles. The monoisotopic (exact) mass is 513 g/mol. The second-order valence-corrected chi connectivity index (χ2v) is 10.2. The summed E-state index contributed by atoms with van der Waals surface area (Å²) in [7, 11) is 0. The fourth-order valence-corrected chi connectivity index (χ4v) is 5.89. The fraction of sp³-hybridized carbons (Fsp3) is 0.0882. The van der Waals surface area contributed by atoms with Gasteiger partial charge in [0.05, 0.1) is 22.6 Å². The number of allylic oxidation sites excluding steroid dienone is 2. The van der Waals surface area contributed by atoms with Gasteiger partial charge in [-0.25, -0.2) is 0 Å². The Bertz CT molecular complexity index is 1600. The Balaban J connectivity index is 1.23. The van der Waals surface area contributed by atoms with Crippen LogP contribution in [0.4, 0.5) is 5.69 Å². The molecule has 0 atom stereocenters. The lowest BCUT2D eigenvalue weighted by Gasteiger charge is -2.20. The Morgan fingerprint density at radius 1 is 0.763 bits per heavy atom. The van der Waals surface area contributed by atoms with E-state index in [0.29, 0.717) is 6.61 Å². The van der Waals surface area contributed by atoms with Crippen LogP contribution < -0.4 is 14.2 Å². The summed E-state index contributed by atoms with van der Waals surface area (Å²) in [6.45, 7) is 2.25. The lowest BCUT2D eigenvalue weighted by Crippen LogP contribution is -2.34. The minimum absolute atomic E-state index is 0.616. The van der Waals surface area contributed by atoms with E-state index in [0.717, 1.165) is 18.8 Å². The summed E-state index contributed by atoms with van der Waals surface area (Å²) in [6, 6.07) is 40.0. The van der Waals surface area contributed by atoms with E-state index < -0.39 is 0 Å². The van der Waals surface area contributed by atoms with Gasteiger partial charge in [0.2, 0.25) is 5.52 Å². The molecule has 186 valence electrons. The summed E-state index contributed by atoms with van der Waals surface area (Å²) in [5.74, 6) is 0.901. The van der Waals surface area contributed by atoms with E-state index in [9.17, 15) is 0 Å². The average Bonchev–Trinajstić information content (AvgIpc) is 3.32. The summed E-state index contributed by atoms with van der Waals surface area (Å²) in [5.41, 5.74) is 4.97. The van der Waals surface area contributed by atoms with E-state index >= 15 is 0 Å². The zero-order valence-corrected chi connectivity index (χ0v) is 21.9. The minimum Gasteiger partial charge on any atom is -0.492 e. The first-order chi connectivity index (χ1) is 18.8. The standard InChI is InChI=1S/C34H29N2OS/c1-3-12-27(13-4-1)26-35-23-22-28(30-17-7-8-18-31(30)35)14-11-21-34-36(32-19-9-10-20-33(32)38-34)24-25-37-29-15-5-2-6-16-29/h1-23H,24-26H2/q+1. The highest BCUT2D eigenvalue weighted by molar-refractivity contribution is 8.03. The molecule has 3 nitrogen and oxygen atoms in total. The molecule has 0 bridgehead atoms. The van der Waals surface area contributed by atoms with Crippen molar-refractivity contribution in [2.45, 2.75) is 11.4 Å². The van der Waals surface area contributed by atoms with Crippen molar-refractivity contribution >= 4 is 34.4 Å². The predicted octanol–water partition coefficient (Wildman–Crippen LogP) is 7.72. The molecule has 0 spiro atoms. The normalized spacial score (nSPS) is 13.9. The number of pyridine rings is 1. The Labute approximate surface area is 228 Å². The average molecular weight is 514 g/mol. The Kier molecular flexibility index (Phi) is 7.23. The molecule has 0 saturated carbocycles. The Morgan fingerprint density at radius 3 is 2.37 bits per heavy atom. The van der Waals surface area contributed by atoms with E-state index in [4.69, 9.17) is 4.74 Å². The largest absolute Gasteiger partial charge is 0.492 e. The number of rotatable bonds is 8. The van der Waals surface area contributed by atoms with Crippen molar-refractivity contribution in [2.75, 3.05) is 18.1 Å². The first kappa shape index (κ1) is 24.1. The topological polar surface area (TPSA) is 16.4 Å². The summed E-state index contributed by atoms with van der Waals surface area (Å²) in [4.78, 5) is 3.63. The second-order valence-electron chi connectivity index (χ2n) is 9.15. The van der Waals surface area contributed by atoms with Crippen molar-refractivity contribution < 1.29 is 9.30 Å². The quantitative estimate of drug-likeness (QED) is 0.198. The molecule has 4 heteroatoms. The van der Waals surface area contributed by atoms with Crippen molar-refractivity contribution in [2.24, 2.45) is 0 Å². The lowest BCUT2D eigenvalue weighted by atomic mass is 10.1. The van der Waals surface area contributed by atoms with Crippen LogP contribution in [0.15, 0.2) is 144 Å². The third-order valence-electron chi connectivity index (χ3n) is 6.63. The van der Waals surface area contributed by atoms with Crippen molar-refractivity contribution in [3.8, 4) is 5.75 Å². The molecular weight excluding hydrogens is 484 g/mol. The number of hydrogen-bond donors (Lipinski definition) is 0. The number of anilines is 1. The van der Waals surface area contributed by atoms with Crippen LogP contribution in [-0.4, -0.2) is 13.2 Å². The van der Waals surface area contributed by atoms with Crippen molar-refractivity contribution in [1.29, 1.82) is 0 Å². The SMILES string of the molecule is C(/C=C/c1cc[n+](Cc2ccccc2)c2ccccc12)=C1/Sc2ccccc2N1CCOc1ccccc1. The van der Waals surface area contributed by atoms with Gasteiger partial charge in [0, 0.05) is 22.6 Å². The van der Waals surface area contributed by atoms with E-state index in [1.165, 1.54) is 37.6 Å². The van der Waals surface area contributed by atoms with Gasteiger partial charge in [-0.3, -0.25) is 0 Å². The second kappa shape index (κ2) is 11.4. The molecule has 6 rings (SSSR count). The van der Waals surface area contributed by atoms with Gasteiger partial charge in [0.25, 0.3) is 0 Å². The summed E-state index contributed by atoms with van der Waals surface area (Å²) >= 11 is 1.81. The molecule has 0 fully saturated rings. The van der Waals surface area contributed by atoms with Crippen LogP contribution >= 0.6 is 11.8 Å². The molecule has 0 unspecified atom stereocenters. The number of nitrogens with zero attached hydrogens (tertiary/aromatic N) is 2. The maximum atomic E-state index is 6.01. The summed E-state index contributed by atoms with van der Waals surface area (Å²) < 4.78 is 8.33. The van der Waals surface area contributed by atoms with Gasteiger partial charge in [-0.05, 0) is 42.0 Å². The smallest absolute Gasteiger partial charge is 0.213 e. The molecule has 2 heterocycles. The number of para-hydroxylation sites is 3. The summed E-state index contributed by atoms with van der Waals surface area (Å²) in [6.07, 6.45) is 8.79. The molecule has 1 aromatic heterocycles. The predicted molar refractivity (Wildman–Crippen MR) is 158 cm³/mol. The molecule has 1 aliphatic rings. The van der Waals surface area contributed by atoms with Crippen LogP contribution in [0.2, 0.25) is 0 Å². The molecule has 0 N–H and O–H groups in total. The highest BCUT2D eigenvalue weighted by Crippen LogP contribution is 2.45. The van der Waals surface area contributed by atoms with Gasteiger partial charge in [-0.1, -0.05) is 96.7 Å². The minimum atomic E-state index is 0.616. The molecular formula is C34H29N2OS+. The van der Waals surface area contributed by atoms with Crippen LogP contribution in [0, 0.1) is 0 Å². The molecule has 1 aliphatic heterocycles. The van der Waals surface area contributed by atoms with Crippen LogP contribution in [0.5, 0.6) is 5.75 Å². The zero-order chi connectivity index (χ0) is 25.6. The third kappa shape index (κ3) is 5.36. The molecule has 0 saturated heterocycles. The third-order valence-corrected chi connectivity index (χ3v) is 7.76. The molecule has 5 aromatic rings. The van der Waals surface area contributed by atoms with E-state index in [1.54, 1.807) is 0 Å². The van der Waals surface area contributed by atoms with Gasteiger partial charge in [-0.2, -0.15) is 4.57 Å². The van der Waals surface area contributed by atoms with Crippen LogP contribution in [0.1, 0.15) is 11.1 Å². The number of fused-ring (bicyclic) bond motifs is 2. The molecule has 4 aromatic carbocycles. The van der Waals surface area contributed by atoms with Crippen molar-refractivity contribution in [3.63, 3.8) is 0 Å². The summed E-state index contributed by atoms with van der Waals surface area (Å²) in [5, 5.41) is 2.45. The first-order valence-electron chi connectivity index (χ1n) is 12.9. The molecule has 0 radical (unpaired) electrons. The Morgan fingerprint density at radius 2 is 1.50 bits per heavy atom. The number of ether oxygens (including phenoxy) is 1. The number of hydrogen-bond acceptors (Lipinski definition) is 3. The maximum Gasteiger partial charge on any atom is 0.213 e. The van der Waals surface area contributed by atoms with E-state index in [-0.39, 0.29) is 0 Å². The zero-order valence-electron chi connectivity index (χ0n) is 21.1. The highest BCUT2D eigenvalue weighted by Gasteiger charge is 2.24. The van der Waals surface area contributed by atoms with Crippen LogP contribution in [0.3, 0.4) is 0 Å². The maximum absolute atomic E-state index is 6.01. The van der Waals surface area contributed by atoms with Gasteiger partial charge in [-0.15, -0.1) is 0 Å². The first-order valence-corrected chi connectivity index (χ1v) is 13.7. The lowest BCUT2D eigenvalue weighted by molar-refractivity contribution is -0.662. The molecule has 38 heavy (non-hydrogen) atoms. The molecule has 0 amide bonds. The number of thioether (sulfide) groups is 1. The van der Waals surface area contributed by atoms with E-state index in [2.05, 4.69) is 119 Å². The van der Waals surface area contributed by atoms with Gasteiger partial charge >= 0.3 is 0 Å². The van der Waals surface area contributed by atoms with Gasteiger partial charge < -0.3 is 9.64 Å². The number of benzene rings is 4. The number of aromatic nitrogens is 1. The van der Waals surface area contributed by atoms with Crippen molar-refractivity contribution in [1.82, 2.24) is 0 Å². The van der Waals surface area contributed by atoms with Crippen LogP contribution in [-0.2, 0) is 6.54 Å². The fourth-order valence-electron chi connectivity index (χ4n) is 4.79. The van der Waals surface area contributed by atoms with E-state index in [1.807, 2.05) is 42.1 Å². The van der Waals surface area contributed by atoms with Crippen molar-refractivity contribution in [3.05, 3.63) is 150 Å². The van der Waals surface area contributed by atoms with Crippen LogP contribution in [0.25, 0.3) is 17.0 Å². The highest BCUT2D eigenvalue weighted by atomic mass is 32.2. The Hall–Kier alpha value is -4.28. The van der Waals surface area contributed by atoms with Gasteiger partial charge in [0.1, 0.15) is 12.4 Å².